The number of hydrogen-bond donors (Lipinski definition) is 4. The van der Waals surface area contributed by atoms with E-state index in [0.29, 0.717) is 0 Å². The van der Waals surface area contributed by atoms with Crippen LogP contribution in [0.2, 0.25) is 0 Å². The molecule has 0 aromatic carbocycles. The highest BCUT2D eigenvalue weighted by atomic mass is 31.3. The van der Waals surface area contributed by atoms with Crippen molar-refractivity contribution in [2.24, 2.45) is 0 Å². The van der Waals surface area contributed by atoms with Crippen molar-refractivity contribution in [1.82, 2.24) is 9.55 Å². The fraction of sp³-hybridized carbons (Fsp3) is 0.455. The number of phosphoric acid groups is 2. The summed E-state index contributed by atoms with van der Waals surface area (Å²) in [4.78, 5) is 51.0. The molecule has 26 heavy (non-hydrogen) atoms. The monoisotopic (exact) mass is 414 g/mol. The smallest absolute Gasteiger partial charge is 0.305 e. The van der Waals surface area contributed by atoms with E-state index in [1.54, 1.807) is 0 Å². The highest BCUT2D eigenvalue weighted by Crippen LogP contribution is 2.58. The van der Waals surface area contributed by atoms with Crippen LogP contribution in [0.25, 0.3) is 0 Å². The second-order valence-corrected chi connectivity index (χ2v) is 8.04. The normalized spacial score (nSPS) is 28.4. The number of nitrogens with one attached hydrogen (secondary N) is 1. The summed E-state index contributed by atoms with van der Waals surface area (Å²) in [5.41, 5.74) is -3.65. The Morgan fingerprint density at radius 2 is 2.04 bits per heavy atom. The Morgan fingerprint density at radius 1 is 1.38 bits per heavy atom. The molecule has 0 saturated carbocycles. The molecule has 1 fully saturated rings. The maximum absolute atomic E-state index is 14.7. The van der Waals surface area contributed by atoms with Gasteiger partial charge in [0.05, 0.1) is 0 Å². The second kappa shape index (κ2) is 6.84. The lowest BCUT2D eigenvalue weighted by Gasteiger charge is -2.28. The van der Waals surface area contributed by atoms with E-state index in [1.807, 2.05) is 4.98 Å². The molecule has 2 heterocycles. The molecule has 12 nitrogen and oxygen atoms in total. The van der Waals surface area contributed by atoms with Gasteiger partial charge in [-0.15, -0.1) is 6.42 Å². The summed E-state index contributed by atoms with van der Waals surface area (Å²) in [6, 6.07) is 0.953. The van der Waals surface area contributed by atoms with Crippen molar-refractivity contribution in [2.45, 2.75) is 24.4 Å². The van der Waals surface area contributed by atoms with Crippen LogP contribution < -0.4 is 11.2 Å². The molecule has 4 N–H and O–H groups in total. The topological polar surface area (TPSA) is 177 Å². The SMILES string of the molecule is C#C[C@]1(n2ccc(=O)[nH]c2=O)CC[C@@](F)(COP(=O)(O)OP(=O)(O)O)O1. The maximum atomic E-state index is 14.7. The summed E-state index contributed by atoms with van der Waals surface area (Å²) in [5.74, 6) is -0.699. The number of aromatic amines is 1. The lowest BCUT2D eigenvalue weighted by molar-refractivity contribution is -0.201. The molecule has 0 spiro atoms. The molecule has 1 saturated heterocycles. The van der Waals surface area contributed by atoms with Crippen LogP contribution in [-0.2, 0) is 28.4 Å². The molecule has 3 atom stereocenters. The molecule has 1 aromatic heterocycles. The van der Waals surface area contributed by atoms with Gasteiger partial charge in [0.2, 0.25) is 11.6 Å². The number of aromatic nitrogens is 2. The van der Waals surface area contributed by atoms with Crippen molar-refractivity contribution < 1.29 is 41.8 Å². The predicted octanol–water partition coefficient (Wildman–Crippen LogP) is -0.475. The van der Waals surface area contributed by atoms with Crippen molar-refractivity contribution in [3.05, 3.63) is 33.1 Å². The van der Waals surface area contributed by atoms with Crippen molar-refractivity contribution in [3.8, 4) is 12.3 Å². The van der Waals surface area contributed by atoms with Crippen molar-refractivity contribution in [1.29, 1.82) is 0 Å². The fourth-order valence-corrected chi connectivity index (χ4v) is 3.86. The summed E-state index contributed by atoms with van der Waals surface area (Å²) in [6.07, 6.45) is 5.54. The number of terminal acetylenes is 1. The van der Waals surface area contributed by atoms with E-state index in [1.165, 1.54) is 0 Å². The lowest BCUT2D eigenvalue weighted by atomic mass is 10.1. The maximum Gasteiger partial charge on any atom is 0.481 e. The van der Waals surface area contributed by atoms with Gasteiger partial charge in [0.1, 0.15) is 6.61 Å². The summed E-state index contributed by atoms with van der Waals surface area (Å²) in [6.45, 7) is -1.28. The van der Waals surface area contributed by atoms with E-state index in [4.69, 9.17) is 25.8 Å². The average molecular weight is 414 g/mol. The molecule has 0 radical (unpaired) electrons. The van der Waals surface area contributed by atoms with E-state index in [-0.39, 0.29) is 6.42 Å². The van der Waals surface area contributed by atoms with E-state index in [2.05, 4.69) is 14.8 Å². The van der Waals surface area contributed by atoms with Crippen LogP contribution in [-0.4, -0.2) is 36.7 Å². The van der Waals surface area contributed by atoms with Crippen molar-refractivity contribution in [2.75, 3.05) is 6.61 Å². The van der Waals surface area contributed by atoms with Gasteiger partial charge in [-0.3, -0.25) is 18.9 Å². The minimum atomic E-state index is -5.37. The van der Waals surface area contributed by atoms with Crippen molar-refractivity contribution >= 4 is 15.6 Å². The molecule has 1 aliphatic heterocycles. The first kappa shape index (κ1) is 20.7. The molecule has 0 bridgehead atoms. The lowest BCUT2D eigenvalue weighted by Crippen LogP contribution is -2.44. The number of hydrogen-bond acceptors (Lipinski definition) is 7. The molecule has 0 amide bonds. The van der Waals surface area contributed by atoms with Crippen LogP contribution in [0.1, 0.15) is 12.8 Å². The molecule has 2 rings (SSSR count). The Hall–Kier alpha value is -1.61. The Labute approximate surface area is 144 Å². The summed E-state index contributed by atoms with van der Waals surface area (Å²) in [5, 5.41) is 0. The Kier molecular flexibility index (Phi) is 5.45. The Bertz CT molecular complexity index is 947. The molecule has 15 heteroatoms. The summed E-state index contributed by atoms with van der Waals surface area (Å²) in [7, 11) is -10.7. The molecule has 0 aliphatic carbocycles. The van der Waals surface area contributed by atoms with E-state index >= 15 is 0 Å². The van der Waals surface area contributed by atoms with E-state index in [0.717, 1.165) is 16.8 Å². The summed E-state index contributed by atoms with van der Waals surface area (Å²) >= 11 is 0. The molecular formula is C11H13FN2O10P2. The molecule has 1 aromatic rings. The van der Waals surface area contributed by atoms with Crippen LogP contribution >= 0.6 is 15.6 Å². The zero-order valence-corrected chi connectivity index (χ0v) is 14.6. The average Bonchev–Trinajstić information content (AvgIpc) is 2.82. The standard InChI is InChI=1S/C11H13FN2O10P2/c1-2-11(14-6-3-8(15)13-9(14)16)5-4-10(12,23-11)7-22-26(20,21)24-25(17,18)19/h1,3,6H,4-5,7H2,(H,20,21)(H,13,15,16)(H2,17,18,19)/t10-,11+/m0/s1. The molecular weight excluding hydrogens is 401 g/mol. The highest BCUT2D eigenvalue weighted by molar-refractivity contribution is 7.60. The van der Waals surface area contributed by atoms with Gasteiger partial charge in [0.25, 0.3) is 5.56 Å². The number of H-pyrrole nitrogens is 1. The first-order chi connectivity index (χ1) is 11.8. The first-order valence-electron chi connectivity index (χ1n) is 6.73. The summed E-state index contributed by atoms with van der Waals surface area (Å²) < 4.78 is 50.2. The van der Waals surface area contributed by atoms with Crippen LogP contribution in [0.5, 0.6) is 0 Å². The van der Waals surface area contributed by atoms with Crippen LogP contribution in [0, 0.1) is 12.3 Å². The molecule has 1 aliphatic rings. The third-order valence-electron chi connectivity index (χ3n) is 3.28. The first-order valence-corrected chi connectivity index (χ1v) is 9.76. The number of rotatable bonds is 6. The zero-order valence-electron chi connectivity index (χ0n) is 12.8. The van der Waals surface area contributed by atoms with Crippen LogP contribution in [0.4, 0.5) is 4.39 Å². The largest absolute Gasteiger partial charge is 0.481 e. The van der Waals surface area contributed by atoms with Gasteiger partial charge in [-0.25, -0.2) is 18.3 Å². The van der Waals surface area contributed by atoms with Gasteiger partial charge in [-0.2, -0.15) is 4.31 Å². The van der Waals surface area contributed by atoms with Crippen LogP contribution in [0.3, 0.4) is 0 Å². The van der Waals surface area contributed by atoms with E-state index < -0.39 is 51.5 Å². The van der Waals surface area contributed by atoms with Gasteiger partial charge in [-0.1, -0.05) is 0 Å². The number of phosphoric ester groups is 1. The minimum absolute atomic E-state index is 0.273. The van der Waals surface area contributed by atoms with Gasteiger partial charge in [0.15, 0.2) is 0 Å². The minimum Gasteiger partial charge on any atom is -0.305 e. The number of alkyl halides is 1. The Morgan fingerprint density at radius 3 is 2.58 bits per heavy atom. The van der Waals surface area contributed by atoms with E-state index in [9.17, 15) is 23.1 Å². The molecule has 1 unspecified atom stereocenters. The third kappa shape index (κ3) is 4.76. The number of ether oxygens (including phenoxy) is 1. The molecule has 144 valence electrons. The quantitative estimate of drug-likeness (QED) is 0.351. The van der Waals surface area contributed by atoms with Gasteiger partial charge >= 0.3 is 21.3 Å². The number of nitrogens with zero attached hydrogens (tertiary/aromatic N) is 1. The zero-order chi connectivity index (χ0) is 19.8. The predicted molar refractivity (Wildman–Crippen MR) is 81.2 cm³/mol. The Balaban J connectivity index is 2.20. The highest BCUT2D eigenvalue weighted by Gasteiger charge is 2.52. The van der Waals surface area contributed by atoms with Gasteiger partial charge in [-0.05, 0) is 5.92 Å². The van der Waals surface area contributed by atoms with Crippen molar-refractivity contribution in [3.63, 3.8) is 0 Å². The number of halogens is 1. The van der Waals surface area contributed by atoms with Crippen LogP contribution in [0.15, 0.2) is 21.9 Å². The second-order valence-electron chi connectivity index (χ2n) is 5.21. The third-order valence-corrected chi connectivity index (χ3v) is 5.41. The van der Waals surface area contributed by atoms with Gasteiger partial charge in [0, 0.05) is 25.1 Å². The van der Waals surface area contributed by atoms with Gasteiger partial charge < -0.3 is 19.4 Å². The fourth-order valence-electron chi connectivity index (χ4n) is 2.24.